The molecule has 6 heteroatoms. The van der Waals surface area contributed by atoms with Crippen LogP contribution in [-0.4, -0.2) is 37.7 Å². The third-order valence-corrected chi connectivity index (χ3v) is 5.45. The quantitative estimate of drug-likeness (QED) is 0.353. The second-order valence-electron chi connectivity index (χ2n) is 6.98. The van der Waals surface area contributed by atoms with Crippen molar-refractivity contribution in [3.63, 3.8) is 0 Å². The van der Waals surface area contributed by atoms with Gasteiger partial charge in [-0.3, -0.25) is 0 Å². The molecule has 6 nitrogen and oxygen atoms in total. The van der Waals surface area contributed by atoms with Gasteiger partial charge in [0.25, 0.3) is 0 Å². The van der Waals surface area contributed by atoms with E-state index < -0.39 is 11.9 Å². The Kier molecular flexibility index (Phi) is 8.85. The number of carbonyl (C=O) groups excluding carboxylic acids is 2. The first kappa shape index (κ1) is 20.6. The molecule has 2 saturated carbocycles. The first-order valence-electron chi connectivity index (χ1n) is 9.44. The van der Waals surface area contributed by atoms with E-state index in [-0.39, 0.29) is 25.8 Å². The molecule has 0 heterocycles. The van der Waals surface area contributed by atoms with Crippen molar-refractivity contribution in [1.82, 2.24) is 0 Å². The Morgan fingerprint density at radius 1 is 0.692 bits per heavy atom. The van der Waals surface area contributed by atoms with Crippen LogP contribution >= 0.6 is 0 Å². The molecule has 0 aromatic rings. The summed E-state index contributed by atoms with van der Waals surface area (Å²) >= 11 is 0. The summed E-state index contributed by atoms with van der Waals surface area (Å²) in [7, 11) is 0. The summed E-state index contributed by atoms with van der Waals surface area (Å²) in [6, 6.07) is 0. The Balaban J connectivity index is 1.58. The normalized spacial score (nSPS) is 28.8. The largest absolute Gasteiger partial charge is 0.435 e. The summed E-state index contributed by atoms with van der Waals surface area (Å²) in [5.74, 6) is 0.587. The van der Waals surface area contributed by atoms with Crippen molar-refractivity contribution >= 4 is 11.9 Å². The second-order valence-corrected chi connectivity index (χ2v) is 6.98. The first-order chi connectivity index (χ1) is 12.6. The van der Waals surface area contributed by atoms with Crippen LogP contribution in [0.1, 0.15) is 51.4 Å². The van der Waals surface area contributed by atoms with E-state index in [2.05, 4.69) is 13.2 Å². The number of carbonyl (C=O) groups is 2. The Morgan fingerprint density at radius 3 is 1.35 bits per heavy atom. The van der Waals surface area contributed by atoms with Gasteiger partial charge >= 0.3 is 11.9 Å². The van der Waals surface area contributed by atoms with Gasteiger partial charge in [-0.05, 0) is 63.2 Å². The summed E-state index contributed by atoms with van der Waals surface area (Å²) in [6.07, 6.45) is 11.4. The Labute approximate surface area is 155 Å². The predicted molar refractivity (Wildman–Crippen MR) is 96.0 cm³/mol. The molecule has 0 N–H and O–H groups in total. The molecule has 2 fully saturated rings. The lowest BCUT2D eigenvalue weighted by molar-refractivity contribution is -0.159. The van der Waals surface area contributed by atoms with Crippen LogP contribution in [0.2, 0.25) is 0 Å². The molecule has 0 amide bonds. The molecular formula is C20H30O6. The molecule has 0 aromatic heterocycles. The van der Waals surface area contributed by atoms with Crippen molar-refractivity contribution in [2.45, 2.75) is 63.6 Å². The first-order valence-corrected chi connectivity index (χ1v) is 9.44. The van der Waals surface area contributed by atoms with E-state index in [9.17, 15) is 9.59 Å². The molecule has 0 spiro atoms. The van der Waals surface area contributed by atoms with Gasteiger partial charge in [0.05, 0.1) is 12.2 Å². The fourth-order valence-corrected chi connectivity index (χ4v) is 3.95. The predicted octanol–water partition coefficient (Wildman–Crippen LogP) is 3.51. The smallest absolute Gasteiger partial charge is 0.332 e. The lowest BCUT2D eigenvalue weighted by Gasteiger charge is -2.37. The van der Waals surface area contributed by atoms with E-state index in [0.29, 0.717) is 0 Å². The molecule has 0 atom stereocenters. The van der Waals surface area contributed by atoms with Gasteiger partial charge in [0.1, 0.15) is 0 Å². The van der Waals surface area contributed by atoms with Crippen LogP contribution in [0.25, 0.3) is 0 Å². The molecule has 0 saturated heterocycles. The molecule has 2 aliphatic rings. The zero-order chi connectivity index (χ0) is 18.8. The summed E-state index contributed by atoms with van der Waals surface area (Å²) in [6.45, 7) is 6.74. The van der Waals surface area contributed by atoms with Gasteiger partial charge in [-0.25, -0.2) is 9.59 Å². The van der Waals surface area contributed by atoms with Crippen molar-refractivity contribution < 1.29 is 28.5 Å². The van der Waals surface area contributed by atoms with E-state index in [1.807, 2.05) is 0 Å². The van der Waals surface area contributed by atoms with Gasteiger partial charge in [0.2, 0.25) is 0 Å². The zero-order valence-electron chi connectivity index (χ0n) is 15.4. The molecule has 0 unspecified atom stereocenters. The highest BCUT2D eigenvalue weighted by atomic mass is 16.7. The fourth-order valence-electron chi connectivity index (χ4n) is 3.95. The number of rotatable bonds is 9. The fraction of sp³-hybridized carbons (Fsp3) is 0.700. The van der Waals surface area contributed by atoms with E-state index in [0.717, 1.165) is 75.4 Å². The minimum absolute atomic E-state index is 0.0130. The van der Waals surface area contributed by atoms with Crippen molar-refractivity contribution in [2.24, 2.45) is 11.8 Å². The minimum Gasteiger partial charge on any atom is -0.435 e. The van der Waals surface area contributed by atoms with Gasteiger partial charge in [-0.1, -0.05) is 13.2 Å². The molecule has 2 rings (SSSR count). The topological polar surface area (TPSA) is 71.1 Å². The second kappa shape index (κ2) is 11.1. The molecule has 146 valence electrons. The molecule has 0 bridgehead atoms. The maximum Gasteiger partial charge on any atom is 0.332 e. The highest BCUT2D eigenvalue weighted by molar-refractivity contribution is 5.81. The summed E-state index contributed by atoms with van der Waals surface area (Å²) in [5.41, 5.74) is 0. The van der Waals surface area contributed by atoms with Crippen molar-refractivity contribution in [2.75, 3.05) is 13.6 Å². The van der Waals surface area contributed by atoms with E-state index in [1.165, 1.54) is 0 Å². The summed E-state index contributed by atoms with van der Waals surface area (Å²) in [5, 5.41) is 0. The monoisotopic (exact) mass is 366 g/mol. The molecule has 0 radical (unpaired) electrons. The zero-order valence-corrected chi connectivity index (χ0v) is 15.4. The lowest BCUT2D eigenvalue weighted by atomic mass is 9.72. The van der Waals surface area contributed by atoms with Crippen LogP contribution < -0.4 is 0 Å². The number of esters is 2. The molecule has 2 aliphatic carbocycles. The van der Waals surface area contributed by atoms with Crippen LogP contribution in [0.5, 0.6) is 0 Å². The molecular weight excluding hydrogens is 336 g/mol. The Bertz CT molecular complexity index is 429. The van der Waals surface area contributed by atoms with Crippen LogP contribution in [0.4, 0.5) is 0 Å². The average Bonchev–Trinajstić information content (AvgIpc) is 2.68. The highest BCUT2D eigenvalue weighted by Gasteiger charge is 2.31. The molecule has 26 heavy (non-hydrogen) atoms. The van der Waals surface area contributed by atoms with E-state index in [1.54, 1.807) is 0 Å². The van der Waals surface area contributed by atoms with Crippen LogP contribution in [0.3, 0.4) is 0 Å². The van der Waals surface area contributed by atoms with Crippen LogP contribution in [0.15, 0.2) is 25.3 Å². The molecule has 0 aliphatic heterocycles. The van der Waals surface area contributed by atoms with Gasteiger partial charge in [0, 0.05) is 12.2 Å². The average molecular weight is 366 g/mol. The maximum absolute atomic E-state index is 11.0. The van der Waals surface area contributed by atoms with Crippen molar-refractivity contribution in [3.8, 4) is 0 Å². The van der Waals surface area contributed by atoms with E-state index >= 15 is 0 Å². The number of hydrogen-bond donors (Lipinski definition) is 0. The van der Waals surface area contributed by atoms with Crippen molar-refractivity contribution in [3.05, 3.63) is 25.3 Å². The summed E-state index contributed by atoms with van der Waals surface area (Å²) in [4.78, 5) is 22.0. The number of ether oxygens (including phenoxy) is 4. The van der Waals surface area contributed by atoms with Gasteiger partial charge < -0.3 is 18.9 Å². The maximum atomic E-state index is 11.0. The Hall–Kier alpha value is -1.66. The number of hydrogen-bond acceptors (Lipinski definition) is 6. The summed E-state index contributed by atoms with van der Waals surface area (Å²) < 4.78 is 21.0. The molecule has 0 aromatic carbocycles. The van der Waals surface area contributed by atoms with Crippen LogP contribution in [-0.2, 0) is 28.5 Å². The third kappa shape index (κ3) is 6.92. The lowest BCUT2D eigenvalue weighted by Crippen LogP contribution is -2.31. The van der Waals surface area contributed by atoms with Gasteiger partial charge in [-0.15, -0.1) is 0 Å². The van der Waals surface area contributed by atoms with Crippen molar-refractivity contribution in [1.29, 1.82) is 0 Å². The van der Waals surface area contributed by atoms with E-state index in [4.69, 9.17) is 18.9 Å². The Morgan fingerprint density at radius 2 is 1.04 bits per heavy atom. The third-order valence-electron chi connectivity index (χ3n) is 5.45. The van der Waals surface area contributed by atoms with Gasteiger partial charge in [-0.2, -0.15) is 0 Å². The highest BCUT2D eigenvalue weighted by Crippen LogP contribution is 2.39. The minimum atomic E-state index is -0.447. The SMILES string of the molecule is C=CC(=O)OCOC1CCC(C2CCC(OCOC(=O)C=C)CC2)CC1. The van der Waals surface area contributed by atoms with Gasteiger partial charge in [0.15, 0.2) is 13.6 Å². The van der Waals surface area contributed by atoms with Crippen LogP contribution in [0, 0.1) is 11.8 Å². The standard InChI is InChI=1S/C20H30O6/c1-3-19(21)25-13-23-17-9-5-15(6-10-17)16-7-11-18(12-8-16)24-14-26-20(22)4-2/h3-4,15-18H,1-2,5-14H2.